The summed E-state index contributed by atoms with van der Waals surface area (Å²) in [6, 6.07) is 20.8. The Morgan fingerprint density at radius 1 is 0.848 bits per heavy atom. The van der Waals surface area contributed by atoms with Crippen LogP contribution in [-0.2, 0) is 26.2 Å². The number of para-hydroxylation sites is 2. The number of terminal acetylenes is 1. The lowest BCUT2D eigenvalue weighted by Crippen LogP contribution is -2.40. The number of rotatable bonds is 14. The van der Waals surface area contributed by atoms with E-state index >= 15 is 0 Å². The first-order valence-corrected chi connectivity index (χ1v) is 17.0. The number of aryl methyl sites for hydroxylation is 1. The molecule has 2 N–H and O–H groups in total. The molecule has 4 aromatic rings. The summed E-state index contributed by atoms with van der Waals surface area (Å²) < 4.78 is 30.8. The first kappa shape index (κ1) is 35.7. The maximum Gasteiger partial charge on any atom is 0.303 e. The summed E-state index contributed by atoms with van der Waals surface area (Å²) in [4.78, 5) is 37.6. The number of nitrogens with one attached hydrogen (secondary N) is 1. The number of carbonyl (C=O) groups excluding carboxylic acids is 2. The molecule has 0 saturated heterocycles. The average Bonchev–Trinajstić information content (AvgIpc) is 3.05. The van der Waals surface area contributed by atoms with E-state index in [9.17, 15) is 22.8 Å². The molecule has 0 aliphatic heterocycles. The van der Waals surface area contributed by atoms with Gasteiger partial charge >= 0.3 is 5.97 Å². The van der Waals surface area contributed by atoms with Gasteiger partial charge < -0.3 is 10.4 Å². The molecule has 242 valence electrons. The van der Waals surface area contributed by atoms with Gasteiger partial charge in [-0.3, -0.25) is 14.4 Å². The summed E-state index contributed by atoms with van der Waals surface area (Å²) in [6.45, 7) is 6.29. The maximum absolute atomic E-state index is 14.5. The lowest BCUT2D eigenvalue weighted by Gasteiger charge is -2.24. The van der Waals surface area contributed by atoms with Crippen LogP contribution in [0.15, 0.2) is 77.7 Å². The maximum atomic E-state index is 14.5. The van der Waals surface area contributed by atoms with Crippen molar-refractivity contribution in [3.05, 3.63) is 83.9 Å². The van der Waals surface area contributed by atoms with Gasteiger partial charge in [0.15, 0.2) is 0 Å². The fourth-order valence-electron chi connectivity index (χ4n) is 5.18. The zero-order valence-corrected chi connectivity index (χ0v) is 27.5. The minimum Gasteiger partial charge on any atom is -0.481 e. The molecule has 1 aromatic heterocycles. The summed E-state index contributed by atoms with van der Waals surface area (Å²) in [5.41, 5.74) is 2.51. The van der Waals surface area contributed by atoms with Crippen LogP contribution in [0.3, 0.4) is 0 Å². The lowest BCUT2D eigenvalue weighted by molar-refractivity contribution is -0.632. The molecule has 0 spiro atoms. The van der Waals surface area contributed by atoms with Crippen molar-refractivity contribution in [3.8, 4) is 12.3 Å². The quantitative estimate of drug-likeness (QED) is 0.0795. The smallest absolute Gasteiger partial charge is 0.303 e. The third kappa shape index (κ3) is 8.70. The summed E-state index contributed by atoms with van der Waals surface area (Å²) >= 11 is 0. The molecular weight excluding hydrogens is 602 g/mol. The SMILES string of the molecule is C#CC[n+]1c2ccccc2c(C(=O)N(CCCC(=O)NCCCCCC(=O)O)S(=O)(=O)c2ccc(C)cc2)c2ccccc21.CC. The summed E-state index contributed by atoms with van der Waals surface area (Å²) in [7, 11) is -4.29. The van der Waals surface area contributed by atoms with E-state index in [1.165, 1.54) is 12.1 Å². The van der Waals surface area contributed by atoms with Crippen molar-refractivity contribution in [1.29, 1.82) is 0 Å². The third-order valence-corrected chi connectivity index (χ3v) is 9.18. The largest absolute Gasteiger partial charge is 0.481 e. The Morgan fingerprint density at radius 2 is 1.43 bits per heavy atom. The Bertz CT molecular complexity index is 1770. The van der Waals surface area contributed by atoms with Crippen LogP contribution >= 0.6 is 0 Å². The molecule has 0 unspecified atom stereocenters. The highest BCUT2D eigenvalue weighted by Crippen LogP contribution is 2.29. The summed E-state index contributed by atoms with van der Waals surface area (Å²) in [5, 5.41) is 12.7. The highest BCUT2D eigenvalue weighted by Gasteiger charge is 2.34. The minimum absolute atomic E-state index is 0.0147. The van der Waals surface area contributed by atoms with E-state index in [-0.39, 0.29) is 48.7 Å². The molecule has 0 atom stereocenters. The second-order valence-corrected chi connectivity index (χ2v) is 12.4. The first-order chi connectivity index (χ1) is 22.1. The predicted octanol–water partition coefficient (Wildman–Crippen LogP) is 5.62. The normalized spacial score (nSPS) is 10.9. The highest BCUT2D eigenvalue weighted by atomic mass is 32.2. The van der Waals surface area contributed by atoms with Crippen molar-refractivity contribution < 1.29 is 32.5 Å². The highest BCUT2D eigenvalue weighted by molar-refractivity contribution is 7.89. The second kappa shape index (κ2) is 17.1. The molecule has 4 rings (SSSR count). The molecule has 0 aliphatic rings. The average molecular weight is 645 g/mol. The zero-order chi connectivity index (χ0) is 33.7. The van der Waals surface area contributed by atoms with E-state index in [1.807, 2.05) is 49.6 Å². The van der Waals surface area contributed by atoms with Gasteiger partial charge in [0.1, 0.15) is 0 Å². The van der Waals surface area contributed by atoms with Gasteiger partial charge in [-0.15, -0.1) is 6.42 Å². The molecule has 3 aromatic carbocycles. The van der Waals surface area contributed by atoms with E-state index in [0.29, 0.717) is 47.6 Å². The topological polar surface area (TPSA) is 125 Å². The van der Waals surface area contributed by atoms with Gasteiger partial charge in [0, 0.05) is 38.1 Å². The molecule has 0 bridgehead atoms. The second-order valence-electron chi connectivity index (χ2n) is 10.6. The number of nitrogens with zero attached hydrogens (tertiary/aromatic N) is 2. The van der Waals surface area contributed by atoms with Crippen molar-refractivity contribution in [2.24, 2.45) is 0 Å². The number of hydrogen-bond acceptors (Lipinski definition) is 5. The number of fused-ring (bicyclic) bond motifs is 2. The molecule has 10 heteroatoms. The fourth-order valence-corrected chi connectivity index (χ4v) is 6.59. The van der Waals surface area contributed by atoms with E-state index < -0.39 is 21.9 Å². The number of aliphatic carboxylic acids is 1. The van der Waals surface area contributed by atoms with E-state index in [0.717, 1.165) is 9.87 Å². The summed E-state index contributed by atoms with van der Waals surface area (Å²) in [6.07, 6.45) is 7.74. The molecule has 0 radical (unpaired) electrons. The number of benzene rings is 3. The van der Waals surface area contributed by atoms with Crippen LogP contribution in [0.4, 0.5) is 0 Å². The fraction of sp³-hybridized carbons (Fsp3) is 0.333. The van der Waals surface area contributed by atoms with Crippen molar-refractivity contribution >= 4 is 49.6 Å². The molecule has 0 aliphatic carbocycles. The Morgan fingerprint density at radius 3 is 2.00 bits per heavy atom. The van der Waals surface area contributed by atoms with Gasteiger partial charge in [0.2, 0.25) is 23.5 Å². The molecule has 46 heavy (non-hydrogen) atoms. The Hall–Kier alpha value is -4.75. The predicted molar refractivity (Wildman–Crippen MR) is 180 cm³/mol. The van der Waals surface area contributed by atoms with Gasteiger partial charge in [0.25, 0.3) is 15.9 Å². The van der Waals surface area contributed by atoms with Crippen LogP contribution in [0.5, 0.6) is 0 Å². The van der Waals surface area contributed by atoms with Gasteiger partial charge in [-0.1, -0.05) is 62.2 Å². The lowest BCUT2D eigenvalue weighted by atomic mass is 10.0. The van der Waals surface area contributed by atoms with Crippen molar-refractivity contribution in [1.82, 2.24) is 9.62 Å². The molecule has 2 amide bonds. The Labute approximate surface area is 271 Å². The van der Waals surface area contributed by atoms with E-state index in [4.69, 9.17) is 11.5 Å². The standard InChI is InChI=1S/C34H35N3O6S.C2H6/c1-3-23-36-29-14-8-6-12-27(29)33(28-13-7-9-15-30(28)36)34(41)37(44(42,43)26-20-18-25(2)19-21-26)24-11-16-31(38)35-22-10-4-5-17-32(39)40;1-2/h1,6-9,12-15,18-21H,4-5,10-11,16-17,22-24H2,2H3,(H-,35,38,39,40);1-2H3/p+1. The number of amides is 2. The molecule has 9 nitrogen and oxygen atoms in total. The number of sulfonamides is 1. The molecule has 0 fully saturated rings. The van der Waals surface area contributed by atoms with Crippen molar-refractivity contribution in [2.75, 3.05) is 13.1 Å². The number of aromatic nitrogens is 1. The van der Waals surface area contributed by atoms with Crippen LogP contribution in [-0.4, -0.2) is 48.7 Å². The van der Waals surface area contributed by atoms with E-state index in [1.54, 1.807) is 36.4 Å². The third-order valence-electron chi connectivity index (χ3n) is 7.38. The molecular formula is C36H42N3O6S+. The minimum atomic E-state index is -4.29. The van der Waals surface area contributed by atoms with Gasteiger partial charge in [-0.25, -0.2) is 12.7 Å². The van der Waals surface area contributed by atoms with Crippen LogP contribution in [0.2, 0.25) is 0 Å². The number of carboxylic acids is 1. The van der Waals surface area contributed by atoms with Crippen LogP contribution < -0.4 is 9.88 Å². The number of carboxylic acid groups (broad SMARTS) is 1. The van der Waals surface area contributed by atoms with E-state index in [2.05, 4.69) is 11.2 Å². The Kier molecular flexibility index (Phi) is 13.3. The number of carbonyl (C=O) groups is 3. The van der Waals surface area contributed by atoms with Crippen LogP contribution in [0, 0.1) is 19.3 Å². The first-order valence-electron chi connectivity index (χ1n) is 15.5. The monoisotopic (exact) mass is 644 g/mol. The van der Waals surface area contributed by atoms with Gasteiger partial charge in [-0.2, -0.15) is 4.57 Å². The van der Waals surface area contributed by atoms with Crippen LogP contribution in [0.1, 0.15) is 68.3 Å². The number of pyridine rings is 1. The van der Waals surface area contributed by atoms with Crippen LogP contribution in [0.25, 0.3) is 21.8 Å². The molecule has 1 heterocycles. The van der Waals surface area contributed by atoms with Gasteiger partial charge in [0.05, 0.1) is 21.2 Å². The zero-order valence-electron chi connectivity index (χ0n) is 26.7. The van der Waals surface area contributed by atoms with Crippen molar-refractivity contribution in [2.45, 2.75) is 70.7 Å². The Balaban J connectivity index is 0.00000282. The van der Waals surface area contributed by atoms with Gasteiger partial charge in [-0.05, 0) is 56.4 Å². The molecule has 0 saturated carbocycles. The number of hydrogen-bond donors (Lipinski definition) is 2. The number of unbranched alkanes of at least 4 members (excludes halogenated alkanes) is 2. The van der Waals surface area contributed by atoms with Crippen molar-refractivity contribution in [3.63, 3.8) is 0 Å². The summed E-state index contributed by atoms with van der Waals surface area (Å²) in [5.74, 6) is 0.858.